The standard InChI is InChI=1S/C24H29N3/c1-17-3-6-19(7-4-17)20-8-10-23-22(16-20)25-24-11-12-26(13-14-27(23)24)21-9-5-18(2)15-21/h3-4,6-8,10,16,18,21H,5,9,11-15H2,1-2H3. The van der Waals surface area contributed by atoms with Crippen molar-refractivity contribution in [1.29, 1.82) is 0 Å². The van der Waals surface area contributed by atoms with Crippen molar-refractivity contribution in [3.05, 3.63) is 53.9 Å². The van der Waals surface area contributed by atoms with Crippen LogP contribution in [-0.4, -0.2) is 33.6 Å². The average molecular weight is 360 g/mol. The fraction of sp³-hybridized carbons (Fsp3) is 0.458. The van der Waals surface area contributed by atoms with E-state index < -0.39 is 0 Å². The molecule has 2 heterocycles. The molecule has 3 heteroatoms. The molecule has 0 amide bonds. The maximum Gasteiger partial charge on any atom is 0.111 e. The Hall–Kier alpha value is -2.13. The van der Waals surface area contributed by atoms with Crippen molar-refractivity contribution >= 4 is 11.0 Å². The van der Waals surface area contributed by atoms with Crippen molar-refractivity contribution in [2.75, 3.05) is 13.1 Å². The fourth-order valence-corrected chi connectivity index (χ4v) is 5.00. The number of nitrogens with zero attached hydrogens (tertiary/aromatic N) is 3. The number of aryl methyl sites for hydroxylation is 1. The molecule has 27 heavy (non-hydrogen) atoms. The van der Waals surface area contributed by atoms with Gasteiger partial charge in [-0.1, -0.05) is 42.8 Å². The van der Waals surface area contributed by atoms with Gasteiger partial charge in [0.1, 0.15) is 5.82 Å². The van der Waals surface area contributed by atoms with Crippen molar-refractivity contribution in [3.8, 4) is 11.1 Å². The summed E-state index contributed by atoms with van der Waals surface area (Å²) in [5.41, 5.74) is 6.27. The van der Waals surface area contributed by atoms with E-state index in [-0.39, 0.29) is 0 Å². The Morgan fingerprint density at radius 3 is 2.52 bits per heavy atom. The van der Waals surface area contributed by atoms with Gasteiger partial charge in [0.25, 0.3) is 0 Å². The third-order valence-corrected chi connectivity index (χ3v) is 6.63. The summed E-state index contributed by atoms with van der Waals surface area (Å²) >= 11 is 0. The first kappa shape index (κ1) is 17.0. The summed E-state index contributed by atoms with van der Waals surface area (Å²) in [6, 6.07) is 16.4. The summed E-state index contributed by atoms with van der Waals surface area (Å²) in [6.45, 7) is 7.93. The van der Waals surface area contributed by atoms with Crippen molar-refractivity contribution in [2.45, 2.75) is 52.1 Å². The Balaban J connectivity index is 1.41. The van der Waals surface area contributed by atoms with Crippen molar-refractivity contribution < 1.29 is 0 Å². The minimum absolute atomic E-state index is 0.795. The second-order valence-electron chi connectivity index (χ2n) is 8.61. The third-order valence-electron chi connectivity index (χ3n) is 6.63. The van der Waals surface area contributed by atoms with E-state index in [1.807, 2.05) is 0 Å². The van der Waals surface area contributed by atoms with Crippen LogP contribution in [0.25, 0.3) is 22.2 Å². The Bertz CT molecular complexity index is 954. The van der Waals surface area contributed by atoms with Crippen LogP contribution in [0.4, 0.5) is 0 Å². The topological polar surface area (TPSA) is 21.1 Å². The molecule has 0 N–H and O–H groups in total. The van der Waals surface area contributed by atoms with Crippen LogP contribution in [0, 0.1) is 12.8 Å². The zero-order chi connectivity index (χ0) is 18.4. The molecule has 140 valence electrons. The largest absolute Gasteiger partial charge is 0.327 e. The van der Waals surface area contributed by atoms with Gasteiger partial charge in [0.05, 0.1) is 11.0 Å². The predicted octanol–water partition coefficient (Wildman–Crippen LogP) is 5.06. The maximum atomic E-state index is 5.03. The van der Waals surface area contributed by atoms with E-state index in [1.54, 1.807) is 0 Å². The Morgan fingerprint density at radius 2 is 1.74 bits per heavy atom. The molecule has 1 aliphatic carbocycles. The first-order valence-electron chi connectivity index (χ1n) is 10.5. The van der Waals surface area contributed by atoms with Crippen LogP contribution in [0.2, 0.25) is 0 Å². The molecule has 2 atom stereocenters. The number of hydrogen-bond acceptors (Lipinski definition) is 2. The number of fused-ring (bicyclic) bond motifs is 3. The lowest BCUT2D eigenvalue weighted by atomic mass is 10.0. The normalized spacial score (nSPS) is 23.5. The van der Waals surface area contributed by atoms with Crippen LogP contribution in [0.1, 0.15) is 37.6 Å². The van der Waals surface area contributed by atoms with Crippen LogP contribution in [-0.2, 0) is 13.0 Å². The molecule has 1 aromatic heterocycles. The van der Waals surface area contributed by atoms with E-state index in [2.05, 4.69) is 65.8 Å². The molecule has 1 fully saturated rings. The summed E-state index contributed by atoms with van der Waals surface area (Å²) < 4.78 is 2.46. The molecule has 0 bridgehead atoms. The average Bonchev–Trinajstić information content (AvgIpc) is 3.19. The molecule has 3 aromatic rings. The molecule has 2 unspecified atom stereocenters. The molecule has 2 aromatic carbocycles. The van der Waals surface area contributed by atoms with Gasteiger partial charge in [-0.3, -0.25) is 4.90 Å². The Labute approximate surface area is 162 Å². The summed E-state index contributed by atoms with van der Waals surface area (Å²) in [5.74, 6) is 2.16. The van der Waals surface area contributed by atoms with E-state index in [4.69, 9.17) is 4.98 Å². The van der Waals surface area contributed by atoms with Crippen LogP contribution in [0.5, 0.6) is 0 Å². The first-order valence-corrected chi connectivity index (χ1v) is 10.5. The SMILES string of the molecule is Cc1ccc(-c2ccc3c(c2)nc2n3CCN(C3CCC(C)C3)CC2)cc1. The molecule has 1 saturated carbocycles. The van der Waals surface area contributed by atoms with E-state index in [9.17, 15) is 0 Å². The van der Waals surface area contributed by atoms with E-state index >= 15 is 0 Å². The minimum Gasteiger partial charge on any atom is -0.327 e. The lowest BCUT2D eigenvalue weighted by Crippen LogP contribution is -2.35. The molecular weight excluding hydrogens is 330 g/mol. The van der Waals surface area contributed by atoms with Crippen LogP contribution in [0.3, 0.4) is 0 Å². The second kappa shape index (κ2) is 6.79. The molecular formula is C24H29N3. The molecule has 0 radical (unpaired) electrons. The highest BCUT2D eigenvalue weighted by atomic mass is 15.2. The molecule has 5 rings (SSSR count). The first-order chi connectivity index (χ1) is 13.2. The van der Waals surface area contributed by atoms with Crippen LogP contribution in [0.15, 0.2) is 42.5 Å². The van der Waals surface area contributed by atoms with Crippen molar-refractivity contribution in [1.82, 2.24) is 14.5 Å². The number of imidazole rings is 1. The Morgan fingerprint density at radius 1 is 0.926 bits per heavy atom. The number of rotatable bonds is 2. The summed E-state index contributed by atoms with van der Waals surface area (Å²) in [6.07, 6.45) is 5.23. The van der Waals surface area contributed by atoms with Crippen LogP contribution >= 0.6 is 0 Å². The highest BCUT2D eigenvalue weighted by Crippen LogP contribution is 2.31. The molecule has 2 aliphatic rings. The van der Waals surface area contributed by atoms with Gasteiger partial charge < -0.3 is 4.57 Å². The van der Waals surface area contributed by atoms with Crippen LogP contribution < -0.4 is 0 Å². The van der Waals surface area contributed by atoms with Gasteiger partial charge in [0, 0.05) is 32.1 Å². The zero-order valence-corrected chi connectivity index (χ0v) is 16.5. The lowest BCUT2D eigenvalue weighted by Gasteiger charge is -2.27. The number of aromatic nitrogens is 2. The number of hydrogen-bond donors (Lipinski definition) is 0. The highest BCUT2D eigenvalue weighted by Gasteiger charge is 2.28. The lowest BCUT2D eigenvalue weighted by molar-refractivity contribution is 0.200. The van der Waals surface area contributed by atoms with Gasteiger partial charge in [-0.15, -0.1) is 0 Å². The molecule has 1 aliphatic heterocycles. The minimum atomic E-state index is 0.795. The smallest absolute Gasteiger partial charge is 0.111 e. The second-order valence-corrected chi connectivity index (χ2v) is 8.61. The van der Waals surface area contributed by atoms with Gasteiger partial charge >= 0.3 is 0 Å². The summed E-state index contributed by atoms with van der Waals surface area (Å²) in [7, 11) is 0. The van der Waals surface area contributed by atoms with E-state index in [0.29, 0.717) is 0 Å². The van der Waals surface area contributed by atoms with E-state index in [1.165, 1.54) is 47.3 Å². The van der Waals surface area contributed by atoms with Crippen molar-refractivity contribution in [3.63, 3.8) is 0 Å². The number of benzene rings is 2. The van der Waals surface area contributed by atoms with Gasteiger partial charge in [-0.25, -0.2) is 4.98 Å². The summed E-state index contributed by atoms with van der Waals surface area (Å²) in [5, 5.41) is 0. The van der Waals surface area contributed by atoms with Gasteiger partial charge in [0.2, 0.25) is 0 Å². The monoisotopic (exact) mass is 359 g/mol. The van der Waals surface area contributed by atoms with Gasteiger partial charge in [0.15, 0.2) is 0 Å². The van der Waals surface area contributed by atoms with Crippen molar-refractivity contribution in [2.24, 2.45) is 5.92 Å². The zero-order valence-electron chi connectivity index (χ0n) is 16.5. The molecule has 0 saturated heterocycles. The van der Waals surface area contributed by atoms with E-state index in [0.717, 1.165) is 43.5 Å². The molecule has 3 nitrogen and oxygen atoms in total. The Kier molecular flexibility index (Phi) is 4.28. The fourth-order valence-electron chi connectivity index (χ4n) is 5.00. The third kappa shape index (κ3) is 3.19. The molecule has 0 spiro atoms. The predicted molar refractivity (Wildman–Crippen MR) is 112 cm³/mol. The van der Waals surface area contributed by atoms with Gasteiger partial charge in [-0.2, -0.15) is 0 Å². The maximum absolute atomic E-state index is 5.03. The van der Waals surface area contributed by atoms with Gasteiger partial charge in [-0.05, 0) is 55.4 Å². The summed E-state index contributed by atoms with van der Waals surface area (Å²) in [4.78, 5) is 7.76. The quantitative estimate of drug-likeness (QED) is 0.638. The highest BCUT2D eigenvalue weighted by molar-refractivity contribution is 5.82.